The lowest BCUT2D eigenvalue weighted by atomic mass is 10.2. The minimum atomic E-state index is -0.687. The summed E-state index contributed by atoms with van der Waals surface area (Å²) in [7, 11) is 0. The maximum atomic E-state index is 14.5. The van der Waals surface area contributed by atoms with Crippen LogP contribution in [0.4, 0.5) is 13.2 Å². The highest BCUT2D eigenvalue weighted by molar-refractivity contribution is 7.11. The molecule has 0 fully saturated rings. The average molecular weight is 418 g/mol. The lowest BCUT2D eigenvalue weighted by Crippen LogP contribution is -2.24. The van der Waals surface area contributed by atoms with E-state index in [2.05, 4.69) is 10.1 Å². The molecule has 0 spiro atoms. The summed E-state index contributed by atoms with van der Waals surface area (Å²) in [5, 5.41) is 4.40. The highest BCUT2D eigenvalue weighted by Gasteiger charge is 2.14. The first kappa shape index (κ1) is 18.9. The quantitative estimate of drug-likeness (QED) is 0.491. The van der Waals surface area contributed by atoms with Crippen LogP contribution < -0.4 is 10.4 Å². The molecule has 0 N–H and O–H groups in total. The van der Waals surface area contributed by atoms with Crippen molar-refractivity contribution in [2.24, 2.45) is 0 Å². The summed E-state index contributed by atoms with van der Waals surface area (Å²) >= 11 is 1.23. The van der Waals surface area contributed by atoms with E-state index in [0.29, 0.717) is 10.8 Å². The Morgan fingerprint density at radius 1 is 1.10 bits per heavy atom. The van der Waals surface area contributed by atoms with E-state index in [0.717, 1.165) is 33.5 Å². The number of nitrogens with zero attached hydrogens (tertiary/aromatic N) is 4. The van der Waals surface area contributed by atoms with Gasteiger partial charge in [-0.05, 0) is 37.3 Å². The van der Waals surface area contributed by atoms with Crippen LogP contribution in [0.1, 0.15) is 11.3 Å². The van der Waals surface area contributed by atoms with Gasteiger partial charge in [-0.15, -0.1) is 0 Å². The number of thiazole rings is 1. The molecule has 29 heavy (non-hydrogen) atoms. The highest BCUT2D eigenvalue weighted by atomic mass is 32.1. The SMILES string of the molecule is Cc1ncsc1Oc1ccc(-n2ncn(Cc3cc(F)ccc3F)c2=O)cc1F. The molecule has 0 aliphatic heterocycles. The van der Waals surface area contributed by atoms with Gasteiger partial charge in [-0.2, -0.15) is 9.78 Å². The van der Waals surface area contributed by atoms with Crippen LogP contribution in [-0.4, -0.2) is 19.3 Å². The fourth-order valence-electron chi connectivity index (χ4n) is 2.66. The second-order valence-corrected chi connectivity index (χ2v) is 6.95. The molecule has 4 rings (SSSR count). The van der Waals surface area contributed by atoms with E-state index in [-0.39, 0.29) is 23.5 Å². The first-order valence-electron chi connectivity index (χ1n) is 8.38. The van der Waals surface area contributed by atoms with E-state index in [1.165, 1.54) is 29.8 Å². The van der Waals surface area contributed by atoms with Crippen LogP contribution in [0.2, 0.25) is 0 Å². The molecule has 2 aromatic carbocycles. The third kappa shape index (κ3) is 3.79. The van der Waals surface area contributed by atoms with Crippen LogP contribution in [0.5, 0.6) is 10.8 Å². The summed E-state index contributed by atoms with van der Waals surface area (Å²) in [5.41, 5.74) is 1.77. The molecule has 2 heterocycles. The molecule has 0 amide bonds. The zero-order chi connectivity index (χ0) is 20.5. The predicted octanol–water partition coefficient (Wildman–Crippen LogP) is 4.06. The fraction of sp³-hybridized carbons (Fsp3) is 0.105. The number of halogens is 3. The number of hydrogen-bond acceptors (Lipinski definition) is 5. The van der Waals surface area contributed by atoms with E-state index in [1.54, 1.807) is 12.4 Å². The number of hydrogen-bond donors (Lipinski definition) is 0. The third-order valence-electron chi connectivity index (χ3n) is 4.15. The van der Waals surface area contributed by atoms with Crippen molar-refractivity contribution in [3.05, 3.63) is 87.4 Å². The van der Waals surface area contributed by atoms with Gasteiger partial charge in [-0.25, -0.2) is 22.9 Å². The molecule has 0 aliphatic carbocycles. The van der Waals surface area contributed by atoms with Crippen molar-refractivity contribution in [3.8, 4) is 16.5 Å². The Morgan fingerprint density at radius 2 is 1.93 bits per heavy atom. The molecular weight excluding hydrogens is 405 g/mol. The minimum absolute atomic E-state index is 0.00139. The number of benzene rings is 2. The molecule has 10 heteroatoms. The lowest BCUT2D eigenvalue weighted by molar-refractivity contribution is 0.448. The molecule has 6 nitrogen and oxygen atoms in total. The Hall–Kier alpha value is -3.40. The van der Waals surface area contributed by atoms with Crippen LogP contribution in [-0.2, 0) is 6.54 Å². The van der Waals surface area contributed by atoms with Gasteiger partial charge in [0.25, 0.3) is 0 Å². The highest BCUT2D eigenvalue weighted by Crippen LogP contribution is 2.30. The number of rotatable bonds is 5. The van der Waals surface area contributed by atoms with E-state index < -0.39 is 23.1 Å². The van der Waals surface area contributed by atoms with Gasteiger partial charge >= 0.3 is 5.69 Å². The van der Waals surface area contributed by atoms with E-state index >= 15 is 0 Å². The lowest BCUT2D eigenvalue weighted by Gasteiger charge is -2.07. The summed E-state index contributed by atoms with van der Waals surface area (Å²) in [4.78, 5) is 16.6. The van der Waals surface area contributed by atoms with Crippen molar-refractivity contribution in [1.29, 1.82) is 0 Å². The minimum Gasteiger partial charge on any atom is -0.442 e. The van der Waals surface area contributed by atoms with Gasteiger partial charge in [0.15, 0.2) is 11.6 Å². The Bertz CT molecular complexity index is 1250. The van der Waals surface area contributed by atoms with E-state index in [1.807, 2.05) is 0 Å². The first-order valence-corrected chi connectivity index (χ1v) is 9.26. The largest absolute Gasteiger partial charge is 0.442 e. The van der Waals surface area contributed by atoms with Gasteiger partial charge in [0, 0.05) is 11.6 Å². The predicted molar refractivity (Wildman–Crippen MR) is 100 cm³/mol. The Morgan fingerprint density at radius 3 is 2.66 bits per heavy atom. The number of aryl methyl sites for hydroxylation is 1. The monoisotopic (exact) mass is 418 g/mol. The van der Waals surface area contributed by atoms with Crippen molar-refractivity contribution in [1.82, 2.24) is 19.3 Å². The van der Waals surface area contributed by atoms with Crippen LogP contribution in [0, 0.1) is 24.4 Å². The first-order chi connectivity index (χ1) is 13.9. The molecule has 2 aromatic heterocycles. The van der Waals surface area contributed by atoms with Crippen molar-refractivity contribution < 1.29 is 17.9 Å². The molecule has 0 saturated heterocycles. The van der Waals surface area contributed by atoms with Gasteiger partial charge in [-0.1, -0.05) is 11.3 Å². The Labute approximate surface area is 166 Å². The van der Waals surface area contributed by atoms with Crippen molar-refractivity contribution >= 4 is 11.3 Å². The molecule has 4 aromatic rings. The summed E-state index contributed by atoms with van der Waals surface area (Å²) < 4.78 is 49.2. The number of aromatic nitrogens is 4. The molecule has 148 valence electrons. The number of ether oxygens (including phenoxy) is 1. The second-order valence-electron chi connectivity index (χ2n) is 6.13. The molecule has 0 radical (unpaired) electrons. The van der Waals surface area contributed by atoms with Crippen LogP contribution >= 0.6 is 11.3 Å². The molecule has 0 unspecified atom stereocenters. The van der Waals surface area contributed by atoms with E-state index in [4.69, 9.17) is 4.74 Å². The van der Waals surface area contributed by atoms with E-state index in [9.17, 15) is 18.0 Å². The van der Waals surface area contributed by atoms with Gasteiger partial charge in [-0.3, -0.25) is 4.57 Å². The van der Waals surface area contributed by atoms with Crippen LogP contribution in [0.25, 0.3) is 5.69 Å². The smallest absolute Gasteiger partial charge is 0.350 e. The molecule has 0 saturated carbocycles. The molecule has 0 bridgehead atoms. The van der Waals surface area contributed by atoms with Gasteiger partial charge < -0.3 is 4.74 Å². The zero-order valence-corrected chi connectivity index (χ0v) is 15.8. The summed E-state index contributed by atoms with van der Waals surface area (Å²) in [6, 6.07) is 6.93. The summed E-state index contributed by atoms with van der Waals surface area (Å²) in [6.07, 6.45) is 1.18. The normalized spacial score (nSPS) is 11.0. The van der Waals surface area contributed by atoms with Crippen molar-refractivity contribution in [3.63, 3.8) is 0 Å². The van der Waals surface area contributed by atoms with Crippen molar-refractivity contribution in [2.75, 3.05) is 0 Å². The maximum absolute atomic E-state index is 14.5. The fourth-order valence-corrected chi connectivity index (χ4v) is 3.33. The topological polar surface area (TPSA) is 61.9 Å². The van der Waals surface area contributed by atoms with Gasteiger partial charge in [0.1, 0.15) is 18.0 Å². The average Bonchev–Trinajstić information content (AvgIpc) is 3.26. The Kier molecular flexibility index (Phi) is 4.93. The third-order valence-corrected chi connectivity index (χ3v) is 4.95. The summed E-state index contributed by atoms with van der Waals surface area (Å²) in [5.74, 6) is -1.96. The van der Waals surface area contributed by atoms with Crippen molar-refractivity contribution in [2.45, 2.75) is 13.5 Å². The molecule has 0 atom stereocenters. The van der Waals surface area contributed by atoms with Crippen LogP contribution in [0.15, 0.2) is 53.0 Å². The van der Waals surface area contributed by atoms with Gasteiger partial charge in [0.05, 0.1) is 23.4 Å². The standard InChI is InChI=1S/C19H13F3N4O2S/c1-11-18(29-10-23-11)28-17-5-3-14(7-16(17)22)26-19(27)25(9-24-26)8-12-6-13(20)2-4-15(12)21/h2-7,9-10H,8H2,1H3. The van der Waals surface area contributed by atoms with Gasteiger partial charge in [0.2, 0.25) is 5.06 Å². The second kappa shape index (κ2) is 7.55. The maximum Gasteiger partial charge on any atom is 0.350 e. The molecular formula is C19H13F3N4O2S. The Balaban J connectivity index is 1.61. The molecule has 0 aliphatic rings. The zero-order valence-electron chi connectivity index (χ0n) is 15.0. The van der Waals surface area contributed by atoms with Crippen LogP contribution in [0.3, 0.4) is 0 Å². The summed E-state index contributed by atoms with van der Waals surface area (Å²) in [6.45, 7) is 1.53.